The van der Waals surface area contributed by atoms with Crippen LogP contribution in [-0.4, -0.2) is 60.3 Å². The number of hydrogen-bond acceptors (Lipinski definition) is 5. The number of halogens is 3. The van der Waals surface area contributed by atoms with Gasteiger partial charge in [0.05, 0.1) is 11.5 Å². The van der Waals surface area contributed by atoms with Gasteiger partial charge in [0.25, 0.3) is 5.56 Å². The zero-order chi connectivity index (χ0) is 20.4. The molecule has 150 valence electrons. The van der Waals surface area contributed by atoms with E-state index in [0.717, 1.165) is 12.3 Å². The lowest BCUT2D eigenvalue weighted by atomic mass is 10.2. The van der Waals surface area contributed by atoms with Crippen LogP contribution in [0.5, 0.6) is 0 Å². The summed E-state index contributed by atoms with van der Waals surface area (Å²) in [7, 11) is -3.17. The van der Waals surface area contributed by atoms with Crippen LogP contribution in [0.25, 0.3) is 0 Å². The molecule has 1 saturated heterocycles. The van der Waals surface area contributed by atoms with E-state index in [1.165, 1.54) is 11.8 Å². The second-order valence-electron chi connectivity index (χ2n) is 6.12. The Labute approximate surface area is 152 Å². The van der Waals surface area contributed by atoms with Crippen molar-refractivity contribution >= 4 is 21.7 Å². The molecule has 0 spiro atoms. The first kappa shape index (κ1) is 20.9. The van der Waals surface area contributed by atoms with Crippen molar-refractivity contribution < 1.29 is 31.2 Å². The lowest BCUT2D eigenvalue weighted by Gasteiger charge is -2.29. The van der Waals surface area contributed by atoms with Crippen LogP contribution in [0.3, 0.4) is 0 Å². The minimum absolute atomic E-state index is 0.00840. The molecule has 1 aromatic rings. The van der Waals surface area contributed by atoms with E-state index in [1.54, 1.807) is 0 Å². The van der Waals surface area contributed by atoms with Crippen LogP contribution in [0.1, 0.15) is 12.5 Å². The van der Waals surface area contributed by atoms with Crippen molar-refractivity contribution in [3.63, 3.8) is 0 Å². The van der Waals surface area contributed by atoms with Crippen molar-refractivity contribution in [1.29, 1.82) is 0 Å². The van der Waals surface area contributed by atoms with Gasteiger partial charge in [-0.1, -0.05) is 0 Å². The SMILES string of the molecule is CC(NC(=O)Cn1cccc(C(F)(F)F)c1=O)C(=O)N1CCS(=O)(=O)CC1. The summed E-state index contributed by atoms with van der Waals surface area (Å²) in [6.07, 6.45) is -3.80. The van der Waals surface area contributed by atoms with Gasteiger partial charge in [0.2, 0.25) is 11.8 Å². The standard InChI is InChI=1S/C15H18F3N3O5S/c1-10(13(23)20-5-7-27(25,26)8-6-20)19-12(22)9-21-4-2-3-11(14(21)24)15(16,17)18/h2-4,10H,5-9H2,1H3,(H,19,22). The maximum absolute atomic E-state index is 12.7. The highest BCUT2D eigenvalue weighted by Crippen LogP contribution is 2.25. The first-order valence-corrected chi connectivity index (χ1v) is 9.78. The van der Waals surface area contributed by atoms with Gasteiger partial charge in [-0.05, 0) is 19.1 Å². The number of carbonyl (C=O) groups is 2. The predicted molar refractivity (Wildman–Crippen MR) is 88.5 cm³/mol. The van der Waals surface area contributed by atoms with Crippen molar-refractivity contribution in [3.8, 4) is 0 Å². The molecule has 1 unspecified atom stereocenters. The van der Waals surface area contributed by atoms with Crippen LogP contribution in [0.15, 0.2) is 23.1 Å². The lowest BCUT2D eigenvalue weighted by molar-refractivity contribution is -0.139. The summed E-state index contributed by atoms with van der Waals surface area (Å²) >= 11 is 0. The zero-order valence-electron chi connectivity index (χ0n) is 14.3. The fraction of sp³-hybridized carbons (Fsp3) is 0.533. The van der Waals surface area contributed by atoms with Gasteiger partial charge in [0.15, 0.2) is 9.84 Å². The largest absolute Gasteiger partial charge is 0.421 e. The van der Waals surface area contributed by atoms with Gasteiger partial charge in [-0.15, -0.1) is 0 Å². The van der Waals surface area contributed by atoms with Crippen molar-refractivity contribution in [3.05, 3.63) is 34.2 Å². The lowest BCUT2D eigenvalue weighted by Crippen LogP contribution is -2.52. The Kier molecular flexibility index (Phi) is 5.97. The van der Waals surface area contributed by atoms with Gasteiger partial charge in [0.1, 0.15) is 18.2 Å². The van der Waals surface area contributed by atoms with Crippen LogP contribution in [0.2, 0.25) is 0 Å². The summed E-state index contributed by atoms with van der Waals surface area (Å²) in [5.74, 6) is -1.66. The van der Waals surface area contributed by atoms with Crippen molar-refractivity contribution in [2.75, 3.05) is 24.6 Å². The van der Waals surface area contributed by atoms with Gasteiger partial charge in [-0.25, -0.2) is 8.42 Å². The molecule has 27 heavy (non-hydrogen) atoms. The van der Waals surface area contributed by atoms with E-state index < -0.39 is 51.5 Å². The molecule has 0 aromatic carbocycles. The highest BCUT2D eigenvalue weighted by Gasteiger charge is 2.34. The van der Waals surface area contributed by atoms with Gasteiger partial charge in [-0.3, -0.25) is 14.4 Å². The number of amides is 2. The molecule has 0 saturated carbocycles. The molecular formula is C15H18F3N3O5S. The average molecular weight is 409 g/mol. The fourth-order valence-electron chi connectivity index (χ4n) is 2.59. The third-order valence-electron chi connectivity index (χ3n) is 4.04. The van der Waals surface area contributed by atoms with E-state index in [-0.39, 0.29) is 24.6 Å². The van der Waals surface area contributed by atoms with Crippen LogP contribution < -0.4 is 10.9 Å². The molecule has 2 amide bonds. The molecule has 0 bridgehead atoms. The molecule has 1 fully saturated rings. The second kappa shape index (κ2) is 7.71. The molecule has 1 aliphatic rings. The number of nitrogens with one attached hydrogen (secondary N) is 1. The summed E-state index contributed by atoms with van der Waals surface area (Å²) < 4.78 is 61.6. The third kappa shape index (κ3) is 5.31. The Bertz CT molecular complexity index is 881. The first-order valence-electron chi connectivity index (χ1n) is 7.96. The van der Waals surface area contributed by atoms with Crippen molar-refractivity contribution in [2.45, 2.75) is 25.7 Å². The molecule has 1 aliphatic heterocycles. The number of aromatic nitrogens is 1. The number of alkyl halides is 3. The van der Waals surface area contributed by atoms with Gasteiger partial charge in [0, 0.05) is 19.3 Å². The van der Waals surface area contributed by atoms with E-state index in [9.17, 15) is 36.0 Å². The van der Waals surface area contributed by atoms with E-state index in [0.29, 0.717) is 10.6 Å². The number of pyridine rings is 1. The monoisotopic (exact) mass is 409 g/mol. The second-order valence-corrected chi connectivity index (χ2v) is 8.42. The Balaban J connectivity index is 2.00. The maximum Gasteiger partial charge on any atom is 0.421 e. The first-order chi connectivity index (χ1) is 12.4. The minimum atomic E-state index is -4.84. The van der Waals surface area contributed by atoms with Gasteiger partial charge in [-0.2, -0.15) is 13.2 Å². The normalized spacial score (nSPS) is 18.0. The van der Waals surface area contributed by atoms with E-state index in [2.05, 4.69) is 5.32 Å². The van der Waals surface area contributed by atoms with Crippen LogP contribution >= 0.6 is 0 Å². The van der Waals surface area contributed by atoms with Gasteiger partial charge >= 0.3 is 6.18 Å². The Morgan fingerprint density at radius 3 is 2.41 bits per heavy atom. The molecule has 1 atom stereocenters. The summed E-state index contributed by atoms with van der Waals surface area (Å²) in [5.41, 5.74) is -2.75. The summed E-state index contributed by atoms with van der Waals surface area (Å²) in [6.45, 7) is 0.704. The molecule has 2 rings (SSSR count). The number of carbonyl (C=O) groups excluding carboxylic acids is 2. The molecule has 0 radical (unpaired) electrons. The fourth-order valence-corrected chi connectivity index (χ4v) is 3.79. The Hall–Kier alpha value is -2.37. The maximum atomic E-state index is 12.7. The quantitative estimate of drug-likeness (QED) is 0.731. The summed E-state index contributed by atoms with van der Waals surface area (Å²) in [6, 6.07) is 0.605. The summed E-state index contributed by atoms with van der Waals surface area (Å²) in [5, 5.41) is 2.31. The number of sulfone groups is 1. The van der Waals surface area contributed by atoms with Crippen LogP contribution in [-0.2, 0) is 32.1 Å². The van der Waals surface area contributed by atoms with Crippen LogP contribution in [0.4, 0.5) is 13.2 Å². The highest BCUT2D eigenvalue weighted by molar-refractivity contribution is 7.91. The molecule has 0 aliphatic carbocycles. The van der Waals surface area contributed by atoms with E-state index >= 15 is 0 Å². The molecule has 1 aromatic heterocycles. The number of hydrogen-bond donors (Lipinski definition) is 1. The molecule has 1 N–H and O–H groups in total. The van der Waals surface area contributed by atoms with Crippen LogP contribution in [0, 0.1) is 0 Å². The smallest absolute Gasteiger partial charge is 0.343 e. The molecule has 12 heteroatoms. The predicted octanol–water partition coefficient (Wildman–Crippen LogP) is -0.371. The zero-order valence-corrected chi connectivity index (χ0v) is 15.1. The summed E-state index contributed by atoms with van der Waals surface area (Å²) in [4.78, 5) is 37.4. The van der Waals surface area contributed by atoms with Gasteiger partial charge < -0.3 is 14.8 Å². The van der Waals surface area contributed by atoms with E-state index in [1.807, 2.05) is 0 Å². The highest BCUT2D eigenvalue weighted by atomic mass is 32.2. The number of nitrogens with zero attached hydrogens (tertiary/aromatic N) is 2. The Morgan fingerprint density at radius 1 is 1.26 bits per heavy atom. The topological polar surface area (TPSA) is 106 Å². The molecule has 8 nitrogen and oxygen atoms in total. The average Bonchev–Trinajstić information content (AvgIpc) is 2.55. The number of rotatable bonds is 4. The third-order valence-corrected chi connectivity index (χ3v) is 5.65. The van der Waals surface area contributed by atoms with Crippen molar-refractivity contribution in [2.24, 2.45) is 0 Å². The van der Waals surface area contributed by atoms with E-state index in [4.69, 9.17) is 0 Å². The molecule has 2 heterocycles. The molecular weight excluding hydrogens is 391 g/mol. The van der Waals surface area contributed by atoms with Crippen molar-refractivity contribution in [1.82, 2.24) is 14.8 Å². The minimum Gasteiger partial charge on any atom is -0.343 e. The Morgan fingerprint density at radius 2 is 1.85 bits per heavy atom.